The van der Waals surface area contributed by atoms with Gasteiger partial charge < -0.3 is 16.0 Å². The average molecular weight is 364 g/mol. The van der Waals surface area contributed by atoms with E-state index in [4.69, 9.17) is 5.73 Å². The van der Waals surface area contributed by atoms with Gasteiger partial charge in [-0.2, -0.15) is 0 Å². The van der Waals surface area contributed by atoms with Crippen LogP contribution in [0.4, 0.5) is 5.69 Å². The second-order valence-corrected chi connectivity index (χ2v) is 6.03. The lowest BCUT2D eigenvalue weighted by Gasteiger charge is -2.29. The minimum atomic E-state index is -0.468. The minimum absolute atomic E-state index is 0. The number of carbonyl (C=O) groups is 1. The molecule has 1 amide bonds. The zero-order valence-corrected chi connectivity index (χ0v) is 16.4. The Morgan fingerprint density at radius 3 is 2.22 bits per heavy atom. The molecular formula is C17H31Cl2N3O. The van der Waals surface area contributed by atoms with Crippen LogP contribution in [0.2, 0.25) is 0 Å². The maximum atomic E-state index is 12.6. The summed E-state index contributed by atoms with van der Waals surface area (Å²) in [4.78, 5) is 14.7. The molecule has 1 aromatic rings. The Morgan fingerprint density at radius 1 is 1.22 bits per heavy atom. The molecule has 4 nitrogen and oxygen atoms in total. The molecule has 23 heavy (non-hydrogen) atoms. The van der Waals surface area contributed by atoms with Crippen LogP contribution in [0.15, 0.2) is 18.2 Å². The minimum Gasteiger partial charge on any atom is -0.329 e. The van der Waals surface area contributed by atoms with Gasteiger partial charge in [-0.3, -0.25) is 4.79 Å². The van der Waals surface area contributed by atoms with Gasteiger partial charge in [-0.15, -0.1) is 24.8 Å². The van der Waals surface area contributed by atoms with Crippen molar-refractivity contribution < 1.29 is 4.79 Å². The van der Waals surface area contributed by atoms with E-state index in [1.165, 1.54) is 5.56 Å². The lowest BCUT2D eigenvalue weighted by Crippen LogP contribution is -2.41. The summed E-state index contributed by atoms with van der Waals surface area (Å²) in [5, 5.41) is 3.08. The molecule has 0 fully saturated rings. The van der Waals surface area contributed by atoms with Crippen molar-refractivity contribution >= 4 is 36.4 Å². The van der Waals surface area contributed by atoms with E-state index in [9.17, 15) is 4.79 Å². The predicted molar refractivity (Wildman–Crippen MR) is 104 cm³/mol. The third kappa shape index (κ3) is 6.30. The molecule has 0 aliphatic rings. The molecule has 0 spiro atoms. The average Bonchev–Trinajstić information content (AvgIpc) is 2.44. The van der Waals surface area contributed by atoms with Crippen LogP contribution in [0.25, 0.3) is 0 Å². The first-order valence-electron chi connectivity index (χ1n) is 7.64. The highest BCUT2D eigenvalue weighted by molar-refractivity contribution is 5.96. The van der Waals surface area contributed by atoms with Crippen LogP contribution in [0.5, 0.6) is 0 Å². The number of rotatable bonds is 7. The van der Waals surface area contributed by atoms with E-state index >= 15 is 0 Å². The summed E-state index contributed by atoms with van der Waals surface area (Å²) in [6.07, 6.45) is 1.50. The molecule has 0 saturated carbocycles. The summed E-state index contributed by atoms with van der Waals surface area (Å²) in [5.74, 6) is 0.0279. The lowest BCUT2D eigenvalue weighted by molar-refractivity contribution is -0.125. The van der Waals surface area contributed by atoms with Crippen molar-refractivity contribution in [3.63, 3.8) is 0 Å². The SMILES string of the molecule is CCC(CC)(CN)C(=O)Nc1cc(CN(C)C)ccc1C.Cl.Cl. The number of hydrogen-bond donors (Lipinski definition) is 2. The number of amides is 1. The van der Waals surface area contributed by atoms with Gasteiger partial charge in [0.25, 0.3) is 0 Å². The van der Waals surface area contributed by atoms with E-state index in [-0.39, 0.29) is 30.7 Å². The summed E-state index contributed by atoms with van der Waals surface area (Å²) in [6, 6.07) is 6.21. The quantitative estimate of drug-likeness (QED) is 0.777. The van der Waals surface area contributed by atoms with Gasteiger partial charge in [0, 0.05) is 18.8 Å². The Morgan fingerprint density at radius 2 is 1.78 bits per heavy atom. The number of benzene rings is 1. The summed E-state index contributed by atoms with van der Waals surface area (Å²) in [7, 11) is 4.07. The van der Waals surface area contributed by atoms with Gasteiger partial charge in [-0.05, 0) is 51.1 Å². The van der Waals surface area contributed by atoms with Crippen molar-refractivity contribution in [1.29, 1.82) is 0 Å². The van der Waals surface area contributed by atoms with Crippen molar-refractivity contribution in [2.24, 2.45) is 11.1 Å². The van der Waals surface area contributed by atoms with E-state index in [1.807, 2.05) is 34.9 Å². The largest absolute Gasteiger partial charge is 0.329 e. The fourth-order valence-electron chi connectivity index (χ4n) is 2.47. The maximum Gasteiger partial charge on any atom is 0.231 e. The van der Waals surface area contributed by atoms with Crippen molar-refractivity contribution in [3.8, 4) is 0 Å². The Kier molecular flexibility index (Phi) is 11.6. The smallest absolute Gasteiger partial charge is 0.231 e. The second kappa shape index (κ2) is 10.9. The molecular weight excluding hydrogens is 333 g/mol. The number of nitrogens with two attached hydrogens (primary N) is 1. The second-order valence-electron chi connectivity index (χ2n) is 6.03. The highest BCUT2D eigenvalue weighted by atomic mass is 35.5. The van der Waals surface area contributed by atoms with Gasteiger partial charge in [0.2, 0.25) is 5.91 Å². The van der Waals surface area contributed by atoms with Crippen molar-refractivity contribution in [2.75, 3.05) is 26.0 Å². The van der Waals surface area contributed by atoms with Gasteiger partial charge >= 0.3 is 0 Å². The number of nitrogens with zero attached hydrogens (tertiary/aromatic N) is 1. The molecule has 0 atom stereocenters. The molecule has 0 unspecified atom stereocenters. The molecule has 0 aromatic heterocycles. The Labute approximate surface area is 153 Å². The van der Waals surface area contributed by atoms with Gasteiger partial charge in [0.15, 0.2) is 0 Å². The van der Waals surface area contributed by atoms with E-state index in [1.54, 1.807) is 0 Å². The molecule has 1 aromatic carbocycles. The number of halogens is 2. The Balaban J connectivity index is 0. The zero-order valence-electron chi connectivity index (χ0n) is 14.8. The fraction of sp³-hybridized carbons (Fsp3) is 0.588. The van der Waals surface area contributed by atoms with Crippen LogP contribution in [0, 0.1) is 12.3 Å². The molecule has 0 aliphatic heterocycles. The molecule has 3 N–H and O–H groups in total. The van der Waals surface area contributed by atoms with Crippen molar-refractivity contribution in [3.05, 3.63) is 29.3 Å². The monoisotopic (exact) mass is 363 g/mol. The summed E-state index contributed by atoms with van der Waals surface area (Å²) >= 11 is 0. The normalized spacial score (nSPS) is 10.7. The molecule has 0 heterocycles. The number of anilines is 1. The number of carbonyl (C=O) groups excluding carboxylic acids is 1. The van der Waals surface area contributed by atoms with E-state index in [2.05, 4.69) is 28.4 Å². The summed E-state index contributed by atoms with van der Waals surface area (Å²) < 4.78 is 0. The number of aryl methyl sites for hydroxylation is 1. The molecule has 0 saturated heterocycles. The van der Waals surface area contributed by atoms with Gasteiger partial charge in [-0.1, -0.05) is 26.0 Å². The fourth-order valence-corrected chi connectivity index (χ4v) is 2.47. The van der Waals surface area contributed by atoms with Crippen molar-refractivity contribution in [2.45, 2.75) is 40.2 Å². The number of nitrogens with one attached hydrogen (secondary N) is 1. The number of hydrogen-bond acceptors (Lipinski definition) is 3. The first-order chi connectivity index (χ1) is 9.88. The molecule has 6 heteroatoms. The topological polar surface area (TPSA) is 58.4 Å². The summed E-state index contributed by atoms with van der Waals surface area (Å²) in [5.41, 5.74) is 8.53. The molecule has 0 radical (unpaired) electrons. The maximum absolute atomic E-state index is 12.6. The molecule has 0 aliphatic carbocycles. The third-order valence-corrected chi connectivity index (χ3v) is 4.27. The summed E-state index contributed by atoms with van der Waals surface area (Å²) in [6.45, 7) is 7.28. The van der Waals surface area contributed by atoms with Crippen molar-refractivity contribution in [1.82, 2.24) is 4.90 Å². The third-order valence-electron chi connectivity index (χ3n) is 4.27. The Hall–Kier alpha value is -0.810. The Bertz CT molecular complexity index is 480. The van der Waals surface area contributed by atoms with Crippen LogP contribution in [0.1, 0.15) is 37.8 Å². The molecule has 134 valence electrons. The lowest BCUT2D eigenvalue weighted by atomic mass is 9.81. The van der Waals surface area contributed by atoms with Gasteiger partial charge in [0.05, 0.1) is 5.41 Å². The standard InChI is InChI=1S/C17H29N3O.2ClH/c1-6-17(7-2,12-18)16(21)19-15-10-14(11-20(4)5)9-8-13(15)3;;/h8-10H,6-7,11-12,18H2,1-5H3,(H,19,21);2*1H. The highest BCUT2D eigenvalue weighted by Gasteiger charge is 2.33. The zero-order chi connectivity index (χ0) is 16.0. The van der Waals surface area contributed by atoms with Crippen LogP contribution >= 0.6 is 24.8 Å². The van der Waals surface area contributed by atoms with Crippen LogP contribution < -0.4 is 11.1 Å². The van der Waals surface area contributed by atoms with Gasteiger partial charge in [0.1, 0.15) is 0 Å². The first-order valence-corrected chi connectivity index (χ1v) is 7.64. The van der Waals surface area contributed by atoms with E-state index in [0.29, 0.717) is 6.54 Å². The van der Waals surface area contributed by atoms with Crippen LogP contribution in [-0.2, 0) is 11.3 Å². The highest BCUT2D eigenvalue weighted by Crippen LogP contribution is 2.28. The van der Waals surface area contributed by atoms with E-state index in [0.717, 1.165) is 30.6 Å². The first kappa shape index (κ1) is 24.4. The van der Waals surface area contributed by atoms with Gasteiger partial charge in [-0.25, -0.2) is 0 Å². The van der Waals surface area contributed by atoms with Crippen LogP contribution in [0.3, 0.4) is 0 Å². The van der Waals surface area contributed by atoms with E-state index < -0.39 is 5.41 Å². The van der Waals surface area contributed by atoms with Crippen LogP contribution in [-0.4, -0.2) is 31.4 Å². The molecule has 0 bridgehead atoms. The predicted octanol–water partition coefficient (Wildman–Crippen LogP) is 3.60. The molecule has 1 rings (SSSR count).